The van der Waals surface area contributed by atoms with Crippen molar-refractivity contribution >= 4 is 5.91 Å². The standard InChI is InChI=1S/C6H9F5N2O/c1-3(2-12)13-4(14)5(7,8)6(9,10)11/h3H,2,12H2,1H3,(H,13,14)/t3-/m1/s1. The number of nitrogens with two attached hydrogens (primary N) is 1. The Balaban J connectivity index is 4.53. The monoisotopic (exact) mass is 220 g/mol. The Bertz CT molecular complexity index is 215. The van der Waals surface area contributed by atoms with Gasteiger partial charge in [0.2, 0.25) is 0 Å². The maximum atomic E-state index is 12.2. The number of amides is 1. The van der Waals surface area contributed by atoms with Crippen LogP contribution in [-0.4, -0.2) is 30.6 Å². The lowest BCUT2D eigenvalue weighted by Crippen LogP contribution is -2.53. The predicted octanol–water partition coefficient (Wildman–Crippen LogP) is 0.647. The Kier molecular flexibility index (Phi) is 3.81. The van der Waals surface area contributed by atoms with E-state index in [4.69, 9.17) is 5.73 Å². The van der Waals surface area contributed by atoms with Gasteiger partial charge in [-0.3, -0.25) is 4.79 Å². The van der Waals surface area contributed by atoms with Crippen LogP contribution in [0, 0.1) is 0 Å². The van der Waals surface area contributed by atoms with Crippen molar-refractivity contribution in [3.05, 3.63) is 0 Å². The highest BCUT2D eigenvalue weighted by Gasteiger charge is 2.63. The minimum absolute atomic E-state index is 0.223. The van der Waals surface area contributed by atoms with Crippen LogP contribution in [0.4, 0.5) is 22.0 Å². The summed E-state index contributed by atoms with van der Waals surface area (Å²) in [4.78, 5) is 10.4. The summed E-state index contributed by atoms with van der Waals surface area (Å²) in [5.41, 5.74) is 4.93. The van der Waals surface area contributed by atoms with E-state index in [2.05, 4.69) is 0 Å². The Morgan fingerprint density at radius 3 is 2.07 bits per heavy atom. The van der Waals surface area contributed by atoms with E-state index in [0.29, 0.717) is 0 Å². The first kappa shape index (κ1) is 13.1. The molecule has 0 aliphatic rings. The fourth-order valence-corrected chi connectivity index (χ4v) is 0.502. The quantitative estimate of drug-likeness (QED) is 0.686. The average Bonchev–Trinajstić information content (AvgIpc) is 2.01. The van der Waals surface area contributed by atoms with Crippen LogP contribution in [0.1, 0.15) is 6.92 Å². The number of halogens is 5. The molecule has 3 nitrogen and oxygen atoms in total. The van der Waals surface area contributed by atoms with Gasteiger partial charge in [-0.05, 0) is 6.92 Å². The molecule has 0 heterocycles. The number of hydrogen-bond acceptors (Lipinski definition) is 2. The highest BCUT2D eigenvalue weighted by atomic mass is 19.4. The van der Waals surface area contributed by atoms with Gasteiger partial charge in [0.25, 0.3) is 0 Å². The van der Waals surface area contributed by atoms with E-state index in [0.717, 1.165) is 0 Å². The van der Waals surface area contributed by atoms with Crippen molar-refractivity contribution in [2.24, 2.45) is 5.73 Å². The van der Waals surface area contributed by atoms with E-state index in [1.165, 1.54) is 12.2 Å². The molecule has 0 bridgehead atoms. The lowest BCUT2D eigenvalue weighted by Gasteiger charge is -2.20. The van der Waals surface area contributed by atoms with Gasteiger partial charge >= 0.3 is 18.0 Å². The molecular weight excluding hydrogens is 211 g/mol. The molecule has 0 fully saturated rings. The zero-order valence-electron chi connectivity index (χ0n) is 7.16. The average molecular weight is 220 g/mol. The molecule has 0 unspecified atom stereocenters. The highest BCUT2D eigenvalue weighted by Crippen LogP contribution is 2.35. The molecule has 0 saturated heterocycles. The topological polar surface area (TPSA) is 55.1 Å². The molecule has 0 spiro atoms. The summed E-state index contributed by atoms with van der Waals surface area (Å²) in [5.74, 6) is -7.76. The predicted molar refractivity (Wildman–Crippen MR) is 37.7 cm³/mol. The van der Waals surface area contributed by atoms with E-state index in [1.807, 2.05) is 0 Å². The maximum absolute atomic E-state index is 12.2. The molecule has 1 amide bonds. The Hall–Kier alpha value is -0.920. The van der Waals surface area contributed by atoms with Crippen LogP contribution >= 0.6 is 0 Å². The molecule has 0 aliphatic heterocycles. The number of hydrogen-bond donors (Lipinski definition) is 2. The molecule has 0 aromatic heterocycles. The summed E-state index contributed by atoms with van der Waals surface area (Å²) < 4.78 is 59.3. The third-order valence-electron chi connectivity index (χ3n) is 1.37. The van der Waals surface area contributed by atoms with Gasteiger partial charge in [-0.15, -0.1) is 0 Å². The van der Waals surface area contributed by atoms with E-state index < -0.39 is 24.0 Å². The normalized spacial score (nSPS) is 15.1. The summed E-state index contributed by atoms with van der Waals surface area (Å²) in [7, 11) is 0. The fraction of sp³-hybridized carbons (Fsp3) is 0.833. The van der Waals surface area contributed by atoms with Gasteiger partial charge in [-0.1, -0.05) is 0 Å². The van der Waals surface area contributed by atoms with Crippen molar-refractivity contribution in [3.63, 3.8) is 0 Å². The SMILES string of the molecule is C[C@H](CN)NC(=O)C(F)(F)C(F)(F)F. The van der Waals surface area contributed by atoms with Crippen LogP contribution in [0.25, 0.3) is 0 Å². The van der Waals surface area contributed by atoms with Crippen LogP contribution in [0.2, 0.25) is 0 Å². The van der Waals surface area contributed by atoms with Crippen LogP contribution in [-0.2, 0) is 4.79 Å². The lowest BCUT2D eigenvalue weighted by atomic mass is 10.2. The van der Waals surface area contributed by atoms with Crippen molar-refractivity contribution in [3.8, 4) is 0 Å². The second-order valence-corrected chi connectivity index (χ2v) is 2.68. The van der Waals surface area contributed by atoms with Crippen LogP contribution < -0.4 is 11.1 Å². The summed E-state index contributed by atoms with van der Waals surface area (Å²) in [6.45, 7) is 0.990. The first-order chi connectivity index (χ1) is 6.13. The van der Waals surface area contributed by atoms with Gasteiger partial charge in [-0.2, -0.15) is 22.0 Å². The fourth-order valence-electron chi connectivity index (χ4n) is 0.502. The van der Waals surface area contributed by atoms with E-state index in [1.54, 1.807) is 0 Å². The highest BCUT2D eigenvalue weighted by molar-refractivity contribution is 5.84. The van der Waals surface area contributed by atoms with Crippen molar-refractivity contribution in [2.45, 2.75) is 25.1 Å². The molecule has 84 valence electrons. The summed E-state index contributed by atoms with van der Waals surface area (Å²) >= 11 is 0. The second kappa shape index (κ2) is 4.07. The van der Waals surface area contributed by atoms with E-state index in [-0.39, 0.29) is 6.54 Å². The minimum Gasteiger partial charge on any atom is -0.347 e. The number of carbonyl (C=O) groups is 1. The third-order valence-corrected chi connectivity index (χ3v) is 1.37. The van der Waals surface area contributed by atoms with E-state index >= 15 is 0 Å². The molecule has 0 radical (unpaired) electrons. The smallest absolute Gasteiger partial charge is 0.347 e. The zero-order valence-corrected chi connectivity index (χ0v) is 7.16. The van der Waals surface area contributed by atoms with Gasteiger partial charge in [0.15, 0.2) is 0 Å². The van der Waals surface area contributed by atoms with Gasteiger partial charge in [0, 0.05) is 12.6 Å². The van der Waals surface area contributed by atoms with Gasteiger partial charge < -0.3 is 11.1 Å². The van der Waals surface area contributed by atoms with Gasteiger partial charge in [0.1, 0.15) is 0 Å². The molecule has 0 rings (SSSR count). The number of alkyl halides is 5. The maximum Gasteiger partial charge on any atom is 0.463 e. The Morgan fingerprint density at radius 2 is 1.79 bits per heavy atom. The van der Waals surface area contributed by atoms with Gasteiger partial charge in [0.05, 0.1) is 0 Å². The number of carbonyl (C=O) groups excluding carboxylic acids is 1. The number of rotatable bonds is 3. The summed E-state index contributed by atoms with van der Waals surface area (Å²) in [6, 6.07) is -0.935. The third kappa shape index (κ3) is 2.79. The molecule has 3 N–H and O–H groups in total. The van der Waals surface area contributed by atoms with Crippen molar-refractivity contribution in [1.82, 2.24) is 5.32 Å². The molecular formula is C6H9F5N2O. The van der Waals surface area contributed by atoms with Crippen molar-refractivity contribution in [2.75, 3.05) is 6.54 Å². The largest absolute Gasteiger partial charge is 0.463 e. The molecule has 0 aliphatic carbocycles. The second-order valence-electron chi connectivity index (χ2n) is 2.68. The van der Waals surface area contributed by atoms with Crippen LogP contribution in [0.3, 0.4) is 0 Å². The first-order valence-electron chi connectivity index (χ1n) is 3.58. The molecule has 0 saturated carbocycles. The minimum atomic E-state index is -5.88. The molecule has 1 atom stereocenters. The van der Waals surface area contributed by atoms with Crippen molar-refractivity contribution < 1.29 is 26.7 Å². The Labute approximate surface area is 76.4 Å². The summed E-state index contributed by atoms with van der Waals surface area (Å²) in [6.07, 6.45) is -5.88. The van der Waals surface area contributed by atoms with Crippen LogP contribution in [0.15, 0.2) is 0 Å². The van der Waals surface area contributed by atoms with Crippen molar-refractivity contribution in [1.29, 1.82) is 0 Å². The number of nitrogens with one attached hydrogen (secondary N) is 1. The zero-order chi connectivity index (χ0) is 11.6. The molecule has 0 aromatic carbocycles. The van der Waals surface area contributed by atoms with E-state index in [9.17, 15) is 26.7 Å². The lowest BCUT2D eigenvalue weighted by molar-refractivity contribution is -0.270. The summed E-state index contributed by atoms with van der Waals surface area (Å²) in [5, 5.41) is 1.44. The Morgan fingerprint density at radius 1 is 1.36 bits per heavy atom. The first-order valence-corrected chi connectivity index (χ1v) is 3.58. The molecule has 14 heavy (non-hydrogen) atoms. The van der Waals surface area contributed by atoms with Gasteiger partial charge in [-0.25, -0.2) is 0 Å². The molecule has 0 aromatic rings. The molecule has 8 heteroatoms. The van der Waals surface area contributed by atoms with Crippen LogP contribution in [0.5, 0.6) is 0 Å².